The number of nitrogens with zero attached hydrogens (tertiary/aromatic N) is 2. The number of fused-ring (bicyclic) bond motifs is 1. The fourth-order valence-corrected chi connectivity index (χ4v) is 4.24. The maximum Gasteiger partial charge on any atom is 0.416 e. The number of methoxy groups -OCH3 is 1. The van der Waals surface area contributed by atoms with Crippen LogP contribution >= 0.6 is 0 Å². The average Bonchev–Trinajstić information content (AvgIpc) is 3.42. The minimum absolute atomic E-state index is 0.0471. The number of hydrogen-bond acceptors (Lipinski definition) is 5. The number of benzene rings is 2. The molecule has 0 bridgehead atoms. The van der Waals surface area contributed by atoms with Crippen LogP contribution in [0.25, 0.3) is 0 Å². The SMILES string of the molecule is COCCCN1C(=O)c2ccc(C(=O)Nc3cc(C(F)(F)F)ccc3N3CCCC3)cc2C1=O. The molecule has 0 atom stereocenters. The number of amides is 3. The maximum atomic E-state index is 13.3. The zero-order valence-corrected chi connectivity index (χ0v) is 18.6. The second-order valence-electron chi connectivity index (χ2n) is 8.25. The van der Waals surface area contributed by atoms with Crippen LogP contribution in [0.3, 0.4) is 0 Å². The van der Waals surface area contributed by atoms with Crippen molar-refractivity contribution in [3.63, 3.8) is 0 Å². The van der Waals surface area contributed by atoms with Gasteiger partial charge in [0, 0.05) is 38.9 Å². The molecule has 2 aromatic rings. The van der Waals surface area contributed by atoms with E-state index in [1.807, 2.05) is 4.90 Å². The topological polar surface area (TPSA) is 79.0 Å². The highest BCUT2D eigenvalue weighted by Crippen LogP contribution is 2.37. The molecule has 3 amide bonds. The highest BCUT2D eigenvalue weighted by molar-refractivity contribution is 6.22. The van der Waals surface area contributed by atoms with Gasteiger partial charge in [-0.05, 0) is 55.7 Å². The molecule has 10 heteroatoms. The Kier molecular flexibility index (Phi) is 6.60. The third-order valence-electron chi connectivity index (χ3n) is 5.98. The number of carbonyl (C=O) groups is 3. The van der Waals surface area contributed by atoms with E-state index in [9.17, 15) is 27.6 Å². The Hall–Kier alpha value is -3.40. The van der Waals surface area contributed by atoms with Gasteiger partial charge in [0.1, 0.15) is 0 Å². The lowest BCUT2D eigenvalue weighted by Gasteiger charge is -2.23. The van der Waals surface area contributed by atoms with E-state index in [0.717, 1.165) is 29.9 Å². The number of anilines is 2. The number of halogens is 3. The van der Waals surface area contributed by atoms with Gasteiger partial charge in [0.05, 0.1) is 28.1 Å². The second kappa shape index (κ2) is 9.46. The van der Waals surface area contributed by atoms with Gasteiger partial charge in [-0.25, -0.2) is 0 Å². The third kappa shape index (κ3) is 4.63. The molecule has 0 radical (unpaired) electrons. The van der Waals surface area contributed by atoms with Gasteiger partial charge in [0.15, 0.2) is 0 Å². The average molecular weight is 475 g/mol. The van der Waals surface area contributed by atoms with Crippen LogP contribution in [0.15, 0.2) is 36.4 Å². The van der Waals surface area contributed by atoms with Crippen molar-refractivity contribution in [2.45, 2.75) is 25.4 Å². The molecule has 0 saturated carbocycles. The molecule has 2 aliphatic heterocycles. The molecule has 1 N–H and O–H groups in total. The van der Waals surface area contributed by atoms with E-state index in [1.54, 1.807) is 0 Å². The monoisotopic (exact) mass is 475 g/mol. The lowest BCUT2D eigenvalue weighted by molar-refractivity contribution is -0.137. The predicted molar refractivity (Wildman–Crippen MR) is 119 cm³/mol. The fraction of sp³-hybridized carbons (Fsp3) is 0.375. The maximum absolute atomic E-state index is 13.3. The molecule has 1 saturated heterocycles. The Labute approximate surface area is 194 Å². The highest BCUT2D eigenvalue weighted by Gasteiger charge is 2.36. The van der Waals surface area contributed by atoms with Crippen molar-refractivity contribution in [1.29, 1.82) is 0 Å². The molecule has 2 aliphatic rings. The molecule has 34 heavy (non-hydrogen) atoms. The van der Waals surface area contributed by atoms with Gasteiger partial charge in [-0.3, -0.25) is 19.3 Å². The molecule has 0 aliphatic carbocycles. The molecule has 0 spiro atoms. The summed E-state index contributed by atoms with van der Waals surface area (Å²) in [5.74, 6) is -1.62. The van der Waals surface area contributed by atoms with Crippen molar-refractivity contribution in [2.24, 2.45) is 0 Å². The van der Waals surface area contributed by atoms with E-state index in [2.05, 4.69) is 5.32 Å². The van der Waals surface area contributed by atoms with Crippen LogP contribution < -0.4 is 10.2 Å². The summed E-state index contributed by atoms with van der Waals surface area (Å²) in [6, 6.07) is 7.39. The normalized spacial score (nSPS) is 15.8. The number of imide groups is 1. The van der Waals surface area contributed by atoms with Crippen LogP contribution in [0, 0.1) is 0 Å². The lowest BCUT2D eigenvalue weighted by Crippen LogP contribution is -2.31. The standard InChI is InChI=1S/C24H24F3N3O4/c1-34-12-4-11-30-22(32)17-7-5-15(13-18(17)23(30)33)21(31)28-19-14-16(24(25,26)27)6-8-20(19)29-9-2-3-10-29/h5-8,13-14H,2-4,9-12H2,1H3,(H,28,31). The molecule has 1 fully saturated rings. The van der Waals surface area contributed by atoms with Crippen molar-refractivity contribution in [3.8, 4) is 0 Å². The summed E-state index contributed by atoms with van der Waals surface area (Å²) in [5, 5.41) is 2.58. The van der Waals surface area contributed by atoms with E-state index >= 15 is 0 Å². The van der Waals surface area contributed by atoms with E-state index in [0.29, 0.717) is 31.8 Å². The molecular weight excluding hydrogens is 451 g/mol. The quantitative estimate of drug-likeness (QED) is 0.480. The summed E-state index contributed by atoms with van der Waals surface area (Å²) in [7, 11) is 1.52. The first-order valence-electron chi connectivity index (χ1n) is 11.0. The van der Waals surface area contributed by atoms with E-state index < -0.39 is 29.5 Å². The van der Waals surface area contributed by atoms with Crippen LogP contribution in [0.1, 0.15) is 55.9 Å². The number of rotatable bonds is 7. The molecule has 7 nitrogen and oxygen atoms in total. The molecular formula is C24H24F3N3O4. The predicted octanol–water partition coefficient (Wildman–Crippen LogP) is 4.19. The fourth-order valence-electron chi connectivity index (χ4n) is 4.24. The van der Waals surface area contributed by atoms with E-state index in [4.69, 9.17) is 4.74 Å². The van der Waals surface area contributed by atoms with Gasteiger partial charge >= 0.3 is 6.18 Å². The number of nitrogens with one attached hydrogen (secondary N) is 1. The van der Waals surface area contributed by atoms with Gasteiger partial charge in [-0.2, -0.15) is 13.2 Å². The Morgan fingerprint density at radius 1 is 1.03 bits per heavy atom. The Bertz CT molecular complexity index is 1130. The number of hydrogen-bond donors (Lipinski definition) is 1. The molecule has 2 heterocycles. The molecule has 2 aromatic carbocycles. The first-order valence-corrected chi connectivity index (χ1v) is 11.0. The van der Waals surface area contributed by atoms with Gasteiger partial charge in [-0.15, -0.1) is 0 Å². The van der Waals surface area contributed by atoms with Gasteiger partial charge in [0.2, 0.25) is 0 Å². The lowest BCUT2D eigenvalue weighted by atomic mass is 10.0. The molecule has 180 valence electrons. The zero-order chi connectivity index (χ0) is 24.5. The summed E-state index contributed by atoms with van der Waals surface area (Å²) in [4.78, 5) is 41.3. The van der Waals surface area contributed by atoms with Gasteiger partial charge in [0.25, 0.3) is 17.7 Å². The smallest absolute Gasteiger partial charge is 0.385 e. The molecule has 4 rings (SSSR count). The van der Waals surface area contributed by atoms with Crippen molar-refractivity contribution in [2.75, 3.05) is 43.6 Å². The van der Waals surface area contributed by atoms with Crippen molar-refractivity contribution in [3.05, 3.63) is 58.7 Å². The van der Waals surface area contributed by atoms with Crippen LogP contribution in [0.4, 0.5) is 24.5 Å². The zero-order valence-electron chi connectivity index (χ0n) is 18.6. The number of alkyl halides is 3. The largest absolute Gasteiger partial charge is 0.416 e. The summed E-state index contributed by atoms with van der Waals surface area (Å²) >= 11 is 0. The minimum Gasteiger partial charge on any atom is -0.385 e. The molecule has 0 aromatic heterocycles. The second-order valence-corrected chi connectivity index (χ2v) is 8.25. The van der Waals surface area contributed by atoms with E-state index in [1.165, 1.54) is 31.4 Å². The third-order valence-corrected chi connectivity index (χ3v) is 5.98. The summed E-state index contributed by atoms with van der Waals surface area (Å²) in [5.41, 5.74) is 0.0478. The van der Waals surface area contributed by atoms with Crippen molar-refractivity contribution < 1.29 is 32.3 Å². The van der Waals surface area contributed by atoms with Crippen LogP contribution in [0.5, 0.6) is 0 Å². The van der Waals surface area contributed by atoms with Crippen molar-refractivity contribution in [1.82, 2.24) is 4.90 Å². The van der Waals surface area contributed by atoms with Gasteiger partial charge in [-0.1, -0.05) is 0 Å². The molecule has 0 unspecified atom stereocenters. The van der Waals surface area contributed by atoms with Crippen LogP contribution in [-0.2, 0) is 10.9 Å². The van der Waals surface area contributed by atoms with Crippen LogP contribution in [-0.4, -0.2) is 56.0 Å². The first kappa shape index (κ1) is 23.7. The van der Waals surface area contributed by atoms with Gasteiger partial charge < -0.3 is 15.0 Å². The Morgan fingerprint density at radius 3 is 2.41 bits per heavy atom. The minimum atomic E-state index is -4.56. The number of carbonyl (C=O) groups excluding carboxylic acids is 3. The van der Waals surface area contributed by atoms with E-state index in [-0.39, 0.29) is 28.9 Å². The summed E-state index contributed by atoms with van der Waals surface area (Å²) in [6.45, 7) is 1.94. The van der Waals surface area contributed by atoms with Crippen LogP contribution in [0.2, 0.25) is 0 Å². The Morgan fingerprint density at radius 2 is 1.74 bits per heavy atom. The highest BCUT2D eigenvalue weighted by atomic mass is 19.4. The first-order chi connectivity index (χ1) is 16.2. The summed E-state index contributed by atoms with van der Waals surface area (Å²) < 4.78 is 44.9. The van der Waals surface area contributed by atoms with Crippen molar-refractivity contribution >= 4 is 29.1 Å². The Balaban J connectivity index is 1.60. The summed E-state index contributed by atoms with van der Waals surface area (Å²) in [6.07, 6.45) is -2.26. The number of ether oxygens (including phenoxy) is 1.